The van der Waals surface area contributed by atoms with Crippen molar-refractivity contribution in [3.63, 3.8) is 0 Å². The van der Waals surface area contributed by atoms with Crippen LogP contribution in [0.15, 0.2) is 22.7 Å². The predicted octanol–water partition coefficient (Wildman–Crippen LogP) is 2.48. The second-order valence-corrected chi connectivity index (χ2v) is 5.87. The van der Waals surface area contributed by atoms with Gasteiger partial charge in [-0.2, -0.15) is 0 Å². The van der Waals surface area contributed by atoms with Crippen LogP contribution in [-0.4, -0.2) is 24.1 Å². The zero-order valence-corrected chi connectivity index (χ0v) is 11.9. The zero-order chi connectivity index (χ0) is 13.2. The number of piperidine rings is 1. The van der Waals surface area contributed by atoms with E-state index in [0.29, 0.717) is 12.2 Å². The van der Waals surface area contributed by atoms with E-state index in [4.69, 9.17) is 0 Å². The maximum atomic E-state index is 12.3. The van der Waals surface area contributed by atoms with Gasteiger partial charge in [0.05, 0.1) is 11.1 Å². The minimum absolute atomic E-state index is 0.0527. The molecule has 5 heteroatoms. The Morgan fingerprint density at radius 2 is 2.33 bits per heavy atom. The average Bonchev–Trinajstić information content (AvgIpc) is 2.35. The summed E-state index contributed by atoms with van der Waals surface area (Å²) in [4.78, 5) is 12.3. The molecule has 1 aromatic rings. The molecule has 0 spiro atoms. The molecule has 1 saturated heterocycles. The number of phenolic OH excluding ortho intramolecular Hbond substituents is 1. The van der Waals surface area contributed by atoms with Gasteiger partial charge >= 0.3 is 0 Å². The Labute approximate surface area is 115 Å². The molecule has 0 bridgehead atoms. The molecule has 98 valence electrons. The van der Waals surface area contributed by atoms with Gasteiger partial charge in [-0.1, -0.05) is 15.9 Å². The average molecular weight is 313 g/mol. The topological polar surface area (TPSA) is 61.4 Å². The molecule has 1 aliphatic heterocycles. The van der Waals surface area contributed by atoms with Gasteiger partial charge in [-0.05, 0) is 44.5 Å². The summed E-state index contributed by atoms with van der Waals surface area (Å²) in [7, 11) is 0. The second kappa shape index (κ2) is 5.28. The van der Waals surface area contributed by atoms with Gasteiger partial charge in [0.25, 0.3) is 0 Å². The number of benzene rings is 1. The Kier molecular flexibility index (Phi) is 3.92. The lowest BCUT2D eigenvalue weighted by Crippen LogP contribution is -2.46. The number of nitrogens with one attached hydrogen (secondary N) is 2. The monoisotopic (exact) mass is 312 g/mol. The van der Waals surface area contributed by atoms with E-state index in [9.17, 15) is 9.90 Å². The Bertz CT molecular complexity index is 456. The number of hydrogen-bond donors (Lipinski definition) is 3. The molecule has 4 nitrogen and oxygen atoms in total. The highest BCUT2D eigenvalue weighted by Crippen LogP contribution is 2.31. The van der Waals surface area contributed by atoms with Crippen LogP contribution in [0, 0.1) is 5.41 Å². The molecule has 1 unspecified atom stereocenters. The number of phenols is 1. The number of rotatable bonds is 2. The van der Waals surface area contributed by atoms with Crippen molar-refractivity contribution in [1.82, 2.24) is 5.32 Å². The van der Waals surface area contributed by atoms with E-state index < -0.39 is 5.41 Å². The van der Waals surface area contributed by atoms with Crippen molar-refractivity contribution in [3.8, 4) is 5.75 Å². The van der Waals surface area contributed by atoms with Crippen LogP contribution in [0.5, 0.6) is 5.75 Å². The van der Waals surface area contributed by atoms with Crippen LogP contribution in [0.3, 0.4) is 0 Å². The van der Waals surface area contributed by atoms with E-state index in [1.54, 1.807) is 18.2 Å². The quantitative estimate of drug-likeness (QED) is 0.735. The molecule has 0 radical (unpaired) electrons. The molecule has 1 amide bonds. The number of amides is 1. The van der Waals surface area contributed by atoms with Gasteiger partial charge in [-0.15, -0.1) is 0 Å². The second-order valence-electron chi connectivity index (χ2n) is 4.96. The lowest BCUT2D eigenvalue weighted by molar-refractivity contribution is -0.125. The van der Waals surface area contributed by atoms with Gasteiger partial charge in [-0.3, -0.25) is 4.79 Å². The van der Waals surface area contributed by atoms with Crippen molar-refractivity contribution in [3.05, 3.63) is 22.7 Å². The molecule has 1 atom stereocenters. The van der Waals surface area contributed by atoms with Crippen LogP contribution in [0.25, 0.3) is 0 Å². The first-order chi connectivity index (χ1) is 8.51. The summed E-state index contributed by atoms with van der Waals surface area (Å²) in [5.74, 6) is 0.0296. The third kappa shape index (κ3) is 2.84. The number of hydrogen-bond acceptors (Lipinski definition) is 3. The van der Waals surface area contributed by atoms with Gasteiger partial charge < -0.3 is 15.7 Å². The Morgan fingerprint density at radius 3 is 3.00 bits per heavy atom. The summed E-state index contributed by atoms with van der Waals surface area (Å²) in [6, 6.07) is 4.99. The third-order valence-electron chi connectivity index (χ3n) is 3.35. The standard InChI is InChI=1S/C13H17BrN2O2/c1-13(5-2-6-15-8-13)12(18)16-10-7-9(14)3-4-11(10)17/h3-4,7,15,17H,2,5-6,8H2,1H3,(H,16,18). The van der Waals surface area contributed by atoms with Crippen molar-refractivity contribution >= 4 is 27.5 Å². The maximum absolute atomic E-state index is 12.3. The molecular formula is C13H17BrN2O2. The van der Waals surface area contributed by atoms with Crippen LogP contribution in [0.1, 0.15) is 19.8 Å². The van der Waals surface area contributed by atoms with E-state index in [1.165, 1.54) is 0 Å². The van der Waals surface area contributed by atoms with Gasteiger partial charge in [0.1, 0.15) is 5.75 Å². The van der Waals surface area contributed by atoms with Crippen molar-refractivity contribution in [2.45, 2.75) is 19.8 Å². The zero-order valence-electron chi connectivity index (χ0n) is 10.3. The third-order valence-corrected chi connectivity index (χ3v) is 3.85. The molecule has 2 rings (SSSR count). The molecule has 0 aromatic heterocycles. The lowest BCUT2D eigenvalue weighted by atomic mass is 9.82. The van der Waals surface area contributed by atoms with E-state index in [-0.39, 0.29) is 11.7 Å². The van der Waals surface area contributed by atoms with Crippen LogP contribution < -0.4 is 10.6 Å². The van der Waals surface area contributed by atoms with Gasteiger partial charge in [0, 0.05) is 11.0 Å². The SMILES string of the molecule is CC1(C(=O)Nc2cc(Br)ccc2O)CCCNC1. The van der Waals surface area contributed by atoms with Gasteiger partial charge in [-0.25, -0.2) is 0 Å². The molecule has 1 aromatic carbocycles. The van der Waals surface area contributed by atoms with E-state index in [1.807, 2.05) is 6.92 Å². The molecule has 3 N–H and O–H groups in total. The first kappa shape index (κ1) is 13.4. The van der Waals surface area contributed by atoms with E-state index in [2.05, 4.69) is 26.6 Å². The number of anilines is 1. The summed E-state index contributed by atoms with van der Waals surface area (Å²) in [6.07, 6.45) is 1.86. The molecule has 1 heterocycles. The van der Waals surface area contributed by atoms with Crippen molar-refractivity contribution in [2.24, 2.45) is 5.41 Å². The molecule has 18 heavy (non-hydrogen) atoms. The number of carbonyl (C=O) groups excluding carboxylic acids is 1. The number of carbonyl (C=O) groups is 1. The Hall–Kier alpha value is -1.07. The van der Waals surface area contributed by atoms with Crippen LogP contribution in [0.2, 0.25) is 0 Å². The van der Waals surface area contributed by atoms with Crippen LogP contribution >= 0.6 is 15.9 Å². The fourth-order valence-electron chi connectivity index (χ4n) is 2.13. The number of halogens is 1. The highest BCUT2D eigenvalue weighted by atomic mass is 79.9. The minimum Gasteiger partial charge on any atom is -0.506 e. The molecular weight excluding hydrogens is 296 g/mol. The number of aromatic hydroxyl groups is 1. The maximum Gasteiger partial charge on any atom is 0.231 e. The molecule has 1 fully saturated rings. The van der Waals surface area contributed by atoms with E-state index in [0.717, 1.165) is 23.9 Å². The van der Waals surface area contributed by atoms with Crippen LogP contribution in [-0.2, 0) is 4.79 Å². The normalized spacial score (nSPS) is 23.7. The van der Waals surface area contributed by atoms with Crippen LogP contribution in [0.4, 0.5) is 5.69 Å². The highest BCUT2D eigenvalue weighted by molar-refractivity contribution is 9.10. The smallest absolute Gasteiger partial charge is 0.231 e. The Balaban J connectivity index is 2.13. The summed E-state index contributed by atoms with van der Waals surface area (Å²) < 4.78 is 0.822. The fourth-order valence-corrected chi connectivity index (χ4v) is 2.49. The van der Waals surface area contributed by atoms with Gasteiger partial charge in [0.2, 0.25) is 5.91 Å². The first-order valence-electron chi connectivity index (χ1n) is 6.02. The summed E-state index contributed by atoms with van der Waals surface area (Å²) in [6.45, 7) is 3.59. The summed E-state index contributed by atoms with van der Waals surface area (Å²) in [5.41, 5.74) is 0.0358. The van der Waals surface area contributed by atoms with Crippen molar-refractivity contribution in [2.75, 3.05) is 18.4 Å². The minimum atomic E-state index is -0.410. The van der Waals surface area contributed by atoms with Crippen molar-refractivity contribution < 1.29 is 9.90 Å². The Morgan fingerprint density at radius 1 is 1.56 bits per heavy atom. The largest absolute Gasteiger partial charge is 0.506 e. The summed E-state index contributed by atoms with van der Waals surface area (Å²) in [5, 5.41) is 15.8. The lowest BCUT2D eigenvalue weighted by Gasteiger charge is -2.32. The summed E-state index contributed by atoms with van der Waals surface area (Å²) >= 11 is 3.32. The van der Waals surface area contributed by atoms with Gasteiger partial charge in [0.15, 0.2) is 0 Å². The molecule has 0 saturated carbocycles. The highest BCUT2D eigenvalue weighted by Gasteiger charge is 2.34. The van der Waals surface area contributed by atoms with E-state index >= 15 is 0 Å². The first-order valence-corrected chi connectivity index (χ1v) is 6.81. The fraction of sp³-hybridized carbons (Fsp3) is 0.462. The van der Waals surface area contributed by atoms with Crippen molar-refractivity contribution in [1.29, 1.82) is 0 Å². The predicted molar refractivity (Wildman–Crippen MR) is 74.6 cm³/mol. The molecule has 1 aliphatic rings. The molecule has 0 aliphatic carbocycles.